The van der Waals surface area contributed by atoms with Crippen LogP contribution in [0.15, 0.2) is 123 Å². The van der Waals surface area contributed by atoms with Crippen molar-refractivity contribution in [2.75, 3.05) is 4.90 Å². The van der Waals surface area contributed by atoms with Crippen molar-refractivity contribution in [2.45, 2.75) is 53.5 Å². The molecule has 0 N–H and O–H groups in total. The molecule has 7 rings (SSSR count). The van der Waals surface area contributed by atoms with Crippen molar-refractivity contribution in [3.8, 4) is 11.1 Å². The number of hydrogen-bond acceptors (Lipinski definition) is 1. The fourth-order valence-electron chi connectivity index (χ4n) is 8.65. The van der Waals surface area contributed by atoms with E-state index in [1.54, 1.807) is 20.0 Å². The van der Waals surface area contributed by atoms with E-state index in [1.165, 1.54) is 50.0 Å². The van der Waals surface area contributed by atoms with Crippen molar-refractivity contribution in [1.29, 1.82) is 0 Å². The summed E-state index contributed by atoms with van der Waals surface area (Å²) in [6, 6.07) is 31.6. The average Bonchev–Trinajstić information content (AvgIpc) is 3.63. The Morgan fingerprint density at radius 3 is 2.18 bits per heavy atom. The maximum Gasteiger partial charge on any atom is -0.147 e. The first kappa shape index (κ1) is 33.9. The van der Waals surface area contributed by atoms with E-state index in [4.69, 9.17) is 0 Å². The third-order valence-corrected chi connectivity index (χ3v) is 26.6. The molecule has 2 unspecified atom stereocenters. The van der Waals surface area contributed by atoms with Gasteiger partial charge in [-0.2, -0.15) is 0 Å². The Morgan fingerprint density at radius 2 is 1.47 bits per heavy atom. The molecule has 232 valence electrons. The van der Waals surface area contributed by atoms with Crippen LogP contribution >= 0.6 is 24.8 Å². The Hall–Kier alpha value is -2.42. The number of allylic oxidation sites excluding steroid dienone is 4. The summed E-state index contributed by atoms with van der Waals surface area (Å²) in [6.07, 6.45) is 7.71. The van der Waals surface area contributed by atoms with Gasteiger partial charge in [0.2, 0.25) is 0 Å². The second-order valence-corrected chi connectivity index (χ2v) is 43.8. The minimum Gasteiger partial charge on any atom is -0.147 e. The first-order valence-corrected chi connectivity index (χ1v) is 29.4. The summed E-state index contributed by atoms with van der Waals surface area (Å²) < 4.78 is 7.70. The molecule has 0 saturated carbocycles. The van der Waals surface area contributed by atoms with Gasteiger partial charge in [0.25, 0.3) is 0 Å². The first-order valence-electron chi connectivity index (χ1n) is 15.9. The number of nitrogens with zero attached hydrogens (tertiary/aromatic N) is 1. The van der Waals surface area contributed by atoms with Crippen LogP contribution in [0, 0.1) is 12.8 Å². The molecule has 2 atom stereocenters. The third-order valence-electron chi connectivity index (χ3n) is 10.3. The van der Waals surface area contributed by atoms with E-state index in [9.17, 15) is 0 Å². The van der Waals surface area contributed by atoms with E-state index in [0.717, 1.165) is 0 Å². The van der Waals surface area contributed by atoms with Gasteiger partial charge >= 0.3 is 262 Å². The molecule has 45 heavy (non-hydrogen) atoms. The van der Waals surface area contributed by atoms with Crippen LogP contribution in [0.4, 0.5) is 5.69 Å². The van der Waals surface area contributed by atoms with Gasteiger partial charge in [-0.05, 0) is 0 Å². The molecule has 4 aromatic rings. The molecule has 0 aromatic heterocycles. The van der Waals surface area contributed by atoms with Crippen molar-refractivity contribution in [2.24, 2.45) is 5.92 Å². The molecule has 0 spiro atoms. The van der Waals surface area contributed by atoms with E-state index in [0.29, 0.717) is 15.6 Å². The Morgan fingerprint density at radius 1 is 0.800 bits per heavy atom. The number of aryl methyl sites for hydroxylation is 1. The standard InChI is InChI=1S/C21H20N.C17H15.2CH3.2ClH.H2Si.Zr/c1-14(2)17-12-18-11-15(3)22(21(18)13-17)20-10-6-8-16-7-4-5-9-19(16)20;1-12-10-16-13(2)8-9-15(17(16)11-12)14-6-4-3-5-7-14;;;;;;/h4-11,13-15H,1-3H3;3-11H,1-2H3;2*1H3;2*1H;1H2;. The van der Waals surface area contributed by atoms with Gasteiger partial charge in [0.15, 0.2) is 0 Å². The molecule has 1 nitrogen and oxygen atoms in total. The summed E-state index contributed by atoms with van der Waals surface area (Å²) in [5.74, 6) is 0.470. The average molecular weight is 730 g/mol. The Bertz CT molecular complexity index is 2020. The van der Waals surface area contributed by atoms with E-state index < -0.39 is 17.4 Å². The van der Waals surface area contributed by atoms with Crippen LogP contribution in [-0.2, 0) is 17.4 Å². The van der Waals surface area contributed by atoms with Crippen LogP contribution in [0.1, 0.15) is 48.0 Å². The molecule has 0 saturated heterocycles. The molecular weight excluding hydrogens is 685 g/mol. The number of anilines is 1. The molecule has 0 amide bonds. The van der Waals surface area contributed by atoms with Crippen molar-refractivity contribution >= 4 is 54.2 Å². The Kier molecular flexibility index (Phi) is 9.04. The molecule has 0 radical (unpaired) electrons. The third kappa shape index (κ3) is 5.23. The zero-order valence-electron chi connectivity index (χ0n) is 27.5. The second-order valence-electron chi connectivity index (χ2n) is 14.5. The van der Waals surface area contributed by atoms with Crippen LogP contribution in [0.5, 0.6) is 0 Å². The maximum absolute atomic E-state index is 3.76. The summed E-state index contributed by atoms with van der Waals surface area (Å²) in [5.41, 5.74) is 14.5. The number of fused-ring (bicyclic) bond motifs is 3. The smallest absolute Gasteiger partial charge is 0.147 e. The van der Waals surface area contributed by atoms with Crippen LogP contribution in [0.3, 0.4) is 0 Å². The Balaban J connectivity index is 0.00000200. The molecule has 0 bridgehead atoms. The van der Waals surface area contributed by atoms with Crippen LogP contribution in [-0.4, -0.2) is 12.9 Å². The summed E-state index contributed by atoms with van der Waals surface area (Å²) in [6.45, 7) is 14.4. The number of hydrogen-bond donors (Lipinski definition) is 0. The van der Waals surface area contributed by atoms with E-state index in [2.05, 4.69) is 159 Å². The Labute approximate surface area is 284 Å². The van der Waals surface area contributed by atoms with Crippen LogP contribution < -0.4 is 4.90 Å². The fraction of sp³-hybridized carbons (Fsp3) is 0.250. The molecule has 5 heteroatoms. The van der Waals surface area contributed by atoms with Crippen molar-refractivity contribution in [3.63, 3.8) is 0 Å². The zero-order chi connectivity index (χ0) is 30.3. The number of halogens is 2. The van der Waals surface area contributed by atoms with Gasteiger partial charge in [-0.1, -0.05) is 0 Å². The van der Waals surface area contributed by atoms with Gasteiger partial charge in [-0.15, -0.1) is 24.8 Å². The number of rotatable bonds is 5. The zero-order valence-corrected chi connectivity index (χ0v) is 33.0. The molecule has 4 aromatic carbocycles. The van der Waals surface area contributed by atoms with Crippen LogP contribution in [0.25, 0.3) is 28.0 Å². The van der Waals surface area contributed by atoms with E-state index in [-0.39, 0.29) is 24.8 Å². The van der Waals surface area contributed by atoms with E-state index in [1.807, 2.05) is 0 Å². The minimum absolute atomic E-state index is 0. The SMILES string of the molecule is CC1=Cc2c(-c3ccccc3)ccc(C)c2[CH]1[Zr]([CH3])([CH3])(=[SiH2])[C]1=C(C(C)C)C=C2C1=CC(C)N2c1cccc2ccccc12.Cl.Cl. The molecule has 3 aliphatic rings. The summed E-state index contributed by atoms with van der Waals surface area (Å²) >= 11 is -3.76. The minimum atomic E-state index is -3.76. The predicted octanol–water partition coefficient (Wildman–Crippen LogP) is 11.1. The van der Waals surface area contributed by atoms with Gasteiger partial charge in [-0.25, -0.2) is 0 Å². The largest absolute Gasteiger partial charge is 0.147 e. The monoisotopic (exact) mass is 727 g/mol. The van der Waals surface area contributed by atoms with E-state index >= 15 is 0 Å². The number of benzene rings is 4. The molecule has 0 fully saturated rings. The van der Waals surface area contributed by atoms with Gasteiger partial charge in [-0.3, -0.25) is 0 Å². The summed E-state index contributed by atoms with van der Waals surface area (Å²) in [5, 5.41) is 2.63. The van der Waals surface area contributed by atoms with Gasteiger partial charge < -0.3 is 0 Å². The molecule has 1 aliphatic heterocycles. The predicted molar refractivity (Wildman–Crippen MR) is 202 cm³/mol. The molecule has 2 aliphatic carbocycles. The maximum atomic E-state index is 2.74. The normalized spacial score (nSPS) is 19.1. The molecule has 1 heterocycles. The van der Waals surface area contributed by atoms with Gasteiger partial charge in [0, 0.05) is 0 Å². The fourth-order valence-corrected chi connectivity index (χ4v) is 27.7. The van der Waals surface area contributed by atoms with Crippen molar-refractivity contribution in [3.05, 3.63) is 139 Å². The quantitative estimate of drug-likeness (QED) is 0.185. The van der Waals surface area contributed by atoms with Gasteiger partial charge in [0.1, 0.15) is 0 Å². The first-order chi connectivity index (χ1) is 20.5. The summed E-state index contributed by atoms with van der Waals surface area (Å²) in [7, 11) is 0. The van der Waals surface area contributed by atoms with Crippen molar-refractivity contribution in [1.82, 2.24) is 0 Å². The second kappa shape index (κ2) is 12.0. The van der Waals surface area contributed by atoms with Gasteiger partial charge in [0.05, 0.1) is 0 Å². The summed E-state index contributed by atoms with van der Waals surface area (Å²) in [4.78, 5) is 2.62. The van der Waals surface area contributed by atoms with Crippen molar-refractivity contribution < 1.29 is 17.4 Å². The van der Waals surface area contributed by atoms with Crippen LogP contribution in [0.2, 0.25) is 9.26 Å². The molecular formula is C40H45Cl2NSiZr. The topological polar surface area (TPSA) is 3.24 Å².